The van der Waals surface area contributed by atoms with E-state index in [0.717, 1.165) is 16.5 Å². The molecular weight excluding hydrogens is 202 g/mol. The van der Waals surface area contributed by atoms with Crippen LogP contribution in [0.5, 0.6) is 0 Å². The third-order valence-electron chi connectivity index (χ3n) is 2.71. The molecule has 3 aromatic rings. The Morgan fingerprint density at radius 1 is 1.19 bits per heavy atom. The average Bonchev–Trinajstić information content (AvgIpc) is 2.98. The standard InChI is InChI=1S/C13H11NO2/c15-13(12-2-1-7-16-12)10-3-4-11-9(8-10)5-6-14-11/h1-8,13-15H. The molecule has 0 aliphatic rings. The van der Waals surface area contributed by atoms with Crippen LogP contribution in [-0.4, -0.2) is 10.1 Å². The van der Waals surface area contributed by atoms with Crippen molar-refractivity contribution in [1.29, 1.82) is 0 Å². The van der Waals surface area contributed by atoms with Gasteiger partial charge in [-0.3, -0.25) is 0 Å². The summed E-state index contributed by atoms with van der Waals surface area (Å²) in [4.78, 5) is 3.12. The van der Waals surface area contributed by atoms with E-state index in [4.69, 9.17) is 4.42 Å². The molecule has 2 aromatic heterocycles. The monoisotopic (exact) mass is 213 g/mol. The smallest absolute Gasteiger partial charge is 0.137 e. The van der Waals surface area contributed by atoms with Crippen molar-refractivity contribution < 1.29 is 9.52 Å². The molecule has 1 aromatic carbocycles. The SMILES string of the molecule is OC(c1ccc2[nH]ccc2c1)c1ccco1. The molecule has 80 valence electrons. The molecule has 0 saturated heterocycles. The van der Waals surface area contributed by atoms with Crippen molar-refractivity contribution in [2.24, 2.45) is 0 Å². The number of hydrogen-bond donors (Lipinski definition) is 2. The van der Waals surface area contributed by atoms with Crippen LogP contribution in [0.1, 0.15) is 17.4 Å². The molecule has 3 heteroatoms. The zero-order chi connectivity index (χ0) is 11.0. The molecule has 3 nitrogen and oxygen atoms in total. The molecule has 1 atom stereocenters. The molecule has 0 bridgehead atoms. The van der Waals surface area contributed by atoms with E-state index < -0.39 is 6.10 Å². The highest BCUT2D eigenvalue weighted by molar-refractivity contribution is 5.80. The van der Waals surface area contributed by atoms with Crippen LogP contribution in [0, 0.1) is 0 Å². The summed E-state index contributed by atoms with van der Waals surface area (Å²) in [5, 5.41) is 11.2. The normalized spacial score (nSPS) is 13.1. The van der Waals surface area contributed by atoms with Gasteiger partial charge in [-0.25, -0.2) is 0 Å². The Bertz CT molecular complexity index is 595. The molecule has 0 aliphatic carbocycles. The van der Waals surface area contributed by atoms with Gasteiger partial charge in [0.2, 0.25) is 0 Å². The first kappa shape index (κ1) is 9.24. The van der Waals surface area contributed by atoms with E-state index in [9.17, 15) is 5.11 Å². The van der Waals surface area contributed by atoms with Crippen LogP contribution < -0.4 is 0 Å². The number of aliphatic hydroxyl groups is 1. The second-order valence-corrected chi connectivity index (χ2v) is 3.74. The number of nitrogens with one attached hydrogen (secondary N) is 1. The maximum Gasteiger partial charge on any atom is 0.137 e. The number of rotatable bonds is 2. The molecular formula is C13H11NO2. The zero-order valence-electron chi connectivity index (χ0n) is 8.55. The summed E-state index contributed by atoms with van der Waals surface area (Å²) in [6.45, 7) is 0. The minimum atomic E-state index is -0.700. The maximum absolute atomic E-state index is 10.1. The fraction of sp³-hybridized carbons (Fsp3) is 0.0769. The van der Waals surface area contributed by atoms with Crippen molar-refractivity contribution in [3.8, 4) is 0 Å². The number of H-pyrrole nitrogens is 1. The van der Waals surface area contributed by atoms with Gasteiger partial charge in [0.05, 0.1) is 6.26 Å². The molecule has 0 amide bonds. The van der Waals surface area contributed by atoms with E-state index in [-0.39, 0.29) is 0 Å². The third-order valence-corrected chi connectivity index (χ3v) is 2.71. The lowest BCUT2D eigenvalue weighted by Gasteiger charge is -2.07. The fourth-order valence-corrected chi connectivity index (χ4v) is 1.85. The number of benzene rings is 1. The minimum absolute atomic E-state index is 0.565. The van der Waals surface area contributed by atoms with Gasteiger partial charge in [0.15, 0.2) is 0 Å². The number of aromatic amines is 1. The van der Waals surface area contributed by atoms with Crippen LogP contribution in [0.25, 0.3) is 10.9 Å². The van der Waals surface area contributed by atoms with Crippen LogP contribution >= 0.6 is 0 Å². The van der Waals surface area contributed by atoms with Gasteiger partial charge in [-0.1, -0.05) is 6.07 Å². The van der Waals surface area contributed by atoms with Gasteiger partial charge >= 0.3 is 0 Å². The zero-order valence-corrected chi connectivity index (χ0v) is 8.55. The first-order chi connectivity index (χ1) is 7.84. The van der Waals surface area contributed by atoms with Gasteiger partial charge < -0.3 is 14.5 Å². The highest BCUT2D eigenvalue weighted by atomic mass is 16.4. The van der Waals surface area contributed by atoms with Gasteiger partial charge in [-0.15, -0.1) is 0 Å². The Labute approximate surface area is 92.3 Å². The third kappa shape index (κ3) is 1.42. The van der Waals surface area contributed by atoms with Gasteiger partial charge in [0.1, 0.15) is 11.9 Å². The van der Waals surface area contributed by atoms with E-state index in [1.807, 2.05) is 30.5 Å². The predicted molar refractivity (Wildman–Crippen MR) is 61.1 cm³/mol. The van der Waals surface area contributed by atoms with Gasteiger partial charge in [0, 0.05) is 11.7 Å². The van der Waals surface area contributed by atoms with Crippen molar-refractivity contribution >= 4 is 10.9 Å². The molecule has 2 heterocycles. The van der Waals surface area contributed by atoms with Crippen LogP contribution in [0.3, 0.4) is 0 Å². The maximum atomic E-state index is 10.1. The molecule has 0 fully saturated rings. The Morgan fingerprint density at radius 2 is 2.12 bits per heavy atom. The number of fused-ring (bicyclic) bond motifs is 1. The predicted octanol–water partition coefficient (Wildman–Crippen LogP) is 2.84. The molecule has 16 heavy (non-hydrogen) atoms. The van der Waals surface area contributed by atoms with Crippen molar-refractivity contribution in [2.75, 3.05) is 0 Å². The quantitative estimate of drug-likeness (QED) is 0.687. The average molecular weight is 213 g/mol. The topological polar surface area (TPSA) is 49.2 Å². The van der Waals surface area contributed by atoms with E-state index in [1.54, 1.807) is 18.4 Å². The van der Waals surface area contributed by atoms with E-state index in [0.29, 0.717) is 5.76 Å². The number of furan rings is 1. The lowest BCUT2D eigenvalue weighted by molar-refractivity contribution is 0.189. The van der Waals surface area contributed by atoms with E-state index in [1.165, 1.54) is 0 Å². The van der Waals surface area contributed by atoms with Crippen molar-refractivity contribution in [1.82, 2.24) is 4.98 Å². The van der Waals surface area contributed by atoms with Crippen LogP contribution in [-0.2, 0) is 0 Å². The van der Waals surface area contributed by atoms with Crippen molar-refractivity contribution in [3.63, 3.8) is 0 Å². The van der Waals surface area contributed by atoms with Crippen molar-refractivity contribution in [3.05, 3.63) is 60.2 Å². The summed E-state index contributed by atoms with van der Waals surface area (Å²) in [6.07, 6.45) is 2.75. The summed E-state index contributed by atoms with van der Waals surface area (Å²) in [5.41, 5.74) is 1.90. The summed E-state index contributed by atoms with van der Waals surface area (Å²) >= 11 is 0. The van der Waals surface area contributed by atoms with Crippen LogP contribution in [0.4, 0.5) is 0 Å². The lowest BCUT2D eigenvalue weighted by atomic mass is 10.1. The first-order valence-corrected chi connectivity index (χ1v) is 5.13. The van der Waals surface area contributed by atoms with Gasteiger partial charge in [-0.2, -0.15) is 0 Å². The number of hydrogen-bond acceptors (Lipinski definition) is 2. The Morgan fingerprint density at radius 3 is 2.94 bits per heavy atom. The van der Waals surface area contributed by atoms with Crippen LogP contribution in [0.2, 0.25) is 0 Å². The molecule has 0 radical (unpaired) electrons. The molecule has 1 unspecified atom stereocenters. The van der Waals surface area contributed by atoms with Crippen molar-refractivity contribution in [2.45, 2.75) is 6.10 Å². The largest absolute Gasteiger partial charge is 0.466 e. The summed E-state index contributed by atoms with van der Waals surface area (Å²) in [7, 11) is 0. The molecule has 3 rings (SSSR count). The second-order valence-electron chi connectivity index (χ2n) is 3.74. The first-order valence-electron chi connectivity index (χ1n) is 5.13. The van der Waals surface area contributed by atoms with Gasteiger partial charge in [-0.05, 0) is 41.3 Å². The Kier molecular flexibility index (Phi) is 2.04. The molecule has 2 N–H and O–H groups in total. The Hall–Kier alpha value is -2.00. The minimum Gasteiger partial charge on any atom is -0.466 e. The highest BCUT2D eigenvalue weighted by Gasteiger charge is 2.13. The lowest BCUT2D eigenvalue weighted by Crippen LogP contribution is -1.97. The second kappa shape index (κ2) is 3.54. The molecule has 0 aliphatic heterocycles. The van der Waals surface area contributed by atoms with Gasteiger partial charge in [0.25, 0.3) is 0 Å². The summed E-state index contributed by atoms with van der Waals surface area (Å²) in [6, 6.07) is 11.3. The fourth-order valence-electron chi connectivity index (χ4n) is 1.85. The molecule has 0 saturated carbocycles. The summed E-state index contributed by atoms with van der Waals surface area (Å²) in [5.74, 6) is 0.565. The van der Waals surface area contributed by atoms with E-state index >= 15 is 0 Å². The highest BCUT2D eigenvalue weighted by Crippen LogP contribution is 2.25. The van der Waals surface area contributed by atoms with Crippen LogP contribution in [0.15, 0.2) is 53.3 Å². The number of aromatic nitrogens is 1. The Balaban J connectivity index is 2.05. The number of aliphatic hydroxyl groups excluding tert-OH is 1. The summed E-state index contributed by atoms with van der Waals surface area (Å²) < 4.78 is 5.19. The molecule has 0 spiro atoms. The van der Waals surface area contributed by atoms with E-state index in [2.05, 4.69) is 4.98 Å².